The molecule has 88 valence electrons. The number of hydrogen-bond acceptors (Lipinski definition) is 4. The highest BCUT2D eigenvalue weighted by Crippen LogP contribution is 2.13. The Balaban J connectivity index is 2.55. The molecule has 0 aliphatic carbocycles. The molecule has 0 radical (unpaired) electrons. The van der Waals surface area contributed by atoms with Gasteiger partial charge in [-0.3, -0.25) is 14.3 Å². The highest BCUT2D eigenvalue weighted by atomic mass is 32.2. The molecule has 0 aliphatic heterocycles. The Morgan fingerprint density at radius 3 is 2.44 bits per heavy atom. The minimum Gasteiger partial charge on any atom is -0.330 e. The van der Waals surface area contributed by atoms with Crippen molar-refractivity contribution in [3.8, 4) is 0 Å². The molecule has 1 aromatic rings. The first-order valence-electron chi connectivity index (χ1n) is 4.92. The van der Waals surface area contributed by atoms with Crippen molar-refractivity contribution in [2.45, 2.75) is 12.2 Å². The topological polar surface area (TPSA) is 86.2 Å². The van der Waals surface area contributed by atoms with E-state index in [1.54, 1.807) is 12.1 Å². The maximum Gasteiger partial charge on any atom is 0.269 e. The molecular weight excluding hydrogens is 228 g/mol. The van der Waals surface area contributed by atoms with E-state index in [9.17, 15) is 14.3 Å². The lowest BCUT2D eigenvalue weighted by molar-refractivity contribution is -0.384. The van der Waals surface area contributed by atoms with E-state index in [4.69, 9.17) is 5.73 Å². The van der Waals surface area contributed by atoms with Crippen LogP contribution in [-0.4, -0.2) is 21.4 Å². The van der Waals surface area contributed by atoms with E-state index in [2.05, 4.69) is 0 Å². The molecule has 0 saturated carbocycles. The van der Waals surface area contributed by atoms with E-state index < -0.39 is 15.7 Å². The van der Waals surface area contributed by atoms with Crippen LogP contribution in [0.2, 0.25) is 0 Å². The third kappa shape index (κ3) is 4.08. The molecule has 1 unspecified atom stereocenters. The number of non-ortho nitro benzene ring substituents is 1. The van der Waals surface area contributed by atoms with Gasteiger partial charge in [-0.1, -0.05) is 12.1 Å². The molecule has 0 aromatic heterocycles. The lowest BCUT2D eigenvalue weighted by Gasteiger charge is -2.01. The second kappa shape index (κ2) is 6.34. The van der Waals surface area contributed by atoms with Crippen LogP contribution in [0.1, 0.15) is 12.0 Å². The highest BCUT2D eigenvalue weighted by molar-refractivity contribution is 7.84. The molecule has 6 heteroatoms. The first kappa shape index (κ1) is 12.8. The van der Waals surface area contributed by atoms with E-state index >= 15 is 0 Å². The minimum absolute atomic E-state index is 0.0523. The van der Waals surface area contributed by atoms with Gasteiger partial charge in [0, 0.05) is 34.4 Å². The Morgan fingerprint density at radius 2 is 1.94 bits per heavy atom. The molecule has 16 heavy (non-hydrogen) atoms. The zero-order valence-electron chi connectivity index (χ0n) is 8.80. The number of nitro groups is 1. The predicted octanol–water partition coefficient (Wildman–Crippen LogP) is 1.19. The van der Waals surface area contributed by atoms with Crippen LogP contribution < -0.4 is 5.73 Å². The summed E-state index contributed by atoms with van der Waals surface area (Å²) in [7, 11) is -0.938. The van der Waals surface area contributed by atoms with Crippen molar-refractivity contribution in [3.63, 3.8) is 0 Å². The summed E-state index contributed by atoms with van der Waals surface area (Å²) in [4.78, 5) is 9.96. The van der Waals surface area contributed by atoms with Crippen molar-refractivity contribution < 1.29 is 9.13 Å². The third-order valence-corrected chi connectivity index (χ3v) is 3.45. The van der Waals surface area contributed by atoms with E-state index in [0.717, 1.165) is 12.0 Å². The fraction of sp³-hybridized carbons (Fsp3) is 0.400. The molecule has 0 amide bonds. The third-order valence-electron chi connectivity index (χ3n) is 2.05. The molecule has 1 rings (SSSR count). The largest absolute Gasteiger partial charge is 0.330 e. The zero-order chi connectivity index (χ0) is 12.0. The summed E-state index contributed by atoms with van der Waals surface area (Å²) in [5.41, 5.74) is 6.21. The zero-order valence-corrected chi connectivity index (χ0v) is 9.61. The fourth-order valence-electron chi connectivity index (χ4n) is 1.22. The van der Waals surface area contributed by atoms with Crippen molar-refractivity contribution in [1.29, 1.82) is 0 Å². The average Bonchev–Trinajstić information content (AvgIpc) is 2.27. The number of hydrogen-bond donors (Lipinski definition) is 1. The number of rotatable bonds is 6. The van der Waals surface area contributed by atoms with Crippen LogP contribution in [0.5, 0.6) is 0 Å². The summed E-state index contributed by atoms with van der Waals surface area (Å²) in [6, 6.07) is 6.13. The van der Waals surface area contributed by atoms with Gasteiger partial charge in [0.05, 0.1) is 4.92 Å². The van der Waals surface area contributed by atoms with Gasteiger partial charge in [-0.15, -0.1) is 0 Å². The van der Waals surface area contributed by atoms with Gasteiger partial charge in [-0.05, 0) is 18.5 Å². The SMILES string of the molecule is NCCCS(=O)Cc1ccc([N+](=O)[O-])cc1. The van der Waals surface area contributed by atoms with Crippen molar-refractivity contribution in [2.24, 2.45) is 5.73 Å². The Kier molecular flexibility index (Phi) is 5.07. The molecule has 0 saturated heterocycles. The lowest BCUT2D eigenvalue weighted by Crippen LogP contribution is -2.07. The van der Waals surface area contributed by atoms with Crippen molar-refractivity contribution in [1.82, 2.24) is 0 Å². The first-order chi connectivity index (χ1) is 7.63. The number of nitrogens with two attached hydrogens (primary N) is 1. The van der Waals surface area contributed by atoms with E-state index in [1.807, 2.05) is 0 Å². The fourth-order valence-corrected chi connectivity index (χ4v) is 2.41. The van der Waals surface area contributed by atoms with Crippen LogP contribution in [0.25, 0.3) is 0 Å². The van der Waals surface area contributed by atoms with Gasteiger partial charge in [-0.25, -0.2) is 0 Å². The summed E-state index contributed by atoms with van der Waals surface area (Å²) in [5, 5.41) is 10.4. The molecule has 0 heterocycles. The van der Waals surface area contributed by atoms with Crippen LogP contribution >= 0.6 is 0 Å². The summed E-state index contributed by atoms with van der Waals surface area (Å²) >= 11 is 0. The van der Waals surface area contributed by atoms with Crippen LogP contribution in [0.3, 0.4) is 0 Å². The number of benzene rings is 1. The van der Waals surface area contributed by atoms with E-state index in [-0.39, 0.29) is 5.69 Å². The predicted molar refractivity (Wildman–Crippen MR) is 63.5 cm³/mol. The second-order valence-electron chi connectivity index (χ2n) is 3.35. The minimum atomic E-state index is -0.938. The van der Waals surface area contributed by atoms with Crippen LogP contribution in [0.15, 0.2) is 24.3 Å². The second-order valence-corrected chi connectivity index (χ2v) is 4.93. The Morgan fingerprint density at radius 1 is 1.31 bits per heavy atom. The Bertz CT molecular complexity index is 378. The molecule has 0 fully saturated rings. The van der Waals surface area contributed by atoms with E-state index in [1.165, 1.54) is 12.1 Å². The summed E-state index contributed by atoms with van der Waals surface area (Å²) in [6.45, 7) is 0.534. The monoisotopic (exact) mass is 242 g/mol. The van der Waals surface area contributed by atoms with Crippen LogP contribution in [0.4, 0.5) is 5.69 Å². The van der Waals surface area contributed by atoms with Crippen LogP contribution in [-0.2, 0) is 16.6 Å². The quantitative estimate of drug-likeness (QED) is 0.599. The molecule has 2 N–H and O–H groups in total. The number of nitro benzene ring substituents is 1. The molecule has 5 nitrogen and oxygen atoms in total. The molecule has 0 bridgehead atoms. The lowest BCUT2D eigenvalue weighted by atomic mass is 10.2. The van der Waals surface area contributed by atoms with E-state index in [0.29, 0.717) is 18.1 Å². The molecule has 1 atom stereocenters. The van der Waals surface area contributed by atoms with Crippen LogP contribution in [0, 0.1) is 10.1 Å². The summed E-state index contributed by atoms with van der Waals surface area (Å²) in [5.74, 6) is 1.01. The molecule has 0 aliphatic rings. The maximum absolute atomic E-state index is 11.5. The van der Waals surface area contributed by atoms with Crippen molar-refractivity contribution in [2.75, 3.05) is 12.3 Å². The summed E-state index contributed by atoms with van der Waals surface area (Å²) < 4.78 is 11.5. The van der Waals surface area contributed by atoms with Gasteiger partial charge in [-0.2, -0.15) is 0 Å². The van der Waals surface area contributed by atoms with Gasteiger partial charge in [0.2, 0.25) is 0 Å². The molecule has 0 spiro atoms. The highest BCUT2D eigenvalue weighted by Gasteiger charge is 2.06. The van der Waals surface area contributed by atoms with Gasteiger partial charge in [0.15, 0.2) is 0 Å². The number of nitrogens with zero attached hydrogens (tertiary/aromatic N) is 1. The van der Waals surface area contributed by atoms with Gasteiger partial charge in [0.25, 0.3) is 5.69 Å². The normalized spacial score (nSPS) is 12.3. The maximum atomic E-state index is 11.5. The van der Waals surface area contributed by atoms with Gasteiger partial charge < -0.3 is 5.73 Å². The standard InChI is InChI=1S/C10H14N2O3S/c11-6-1-7-16(15)8-9-2-4-10(5-3-9)12(13)14/h2-5H,1,6-8,11H2. The smallest absolute Gasteiger partial charge is 0.269 e. The molecule has 1 aromatic carbocycles. The van der Waals surface area contributed by atoms with Crippen molar-refractivity contribution >= 4 is 16.5 Å². The summed E-state index contributed by atoms with van der Waals surface area (Å²) in [6.07, 6.45) is 0.736. The molecular formula is C10H14N2O3S. The van der Waals surface area contributed by atoms with Gasteiger partial charge in [0.1, 0.15) is 0 Å². The Hall–Kier alpha value is -1.27. The average molecular weight is 242 g/mol. The Labute approximate surface area is 96.3 Å². The van der Waals surface area contributed by atoms with Gasteiger partial charge >= 0.3 is 0 Å². The first-order valence-corrected chi connectivity index (χ1v) is 6.40. The van der Waals surface area contributed by atoms with Crippen molar-refractivity contribution in [3.05, 3.63) is 39.9 Å².